The molecule has 35 heavy (non-hydrogen) atoms. The molecule has 3 heterocycles. The average molecular weight is 505 g/mol. The Hall–Kier alpha value is -2.26. The SMILES string of the molecule is CSC[C@H](NC(=O)OC(C)(C)C)[C@@]1(Cc2nccc3oc(C4CCCC4)cc23)OC(C)(C)OC1=O. The van der Waals surface area contributed by atoms with Crippen LogP contribution in [0.2, 0.25) is 0 Å². The van der Waals surface area contributed by atoms with E-state index < -0.39 is 35.1 Å². The summed E-state index contributed by atoms with van der Waals surface area (Å²) in [5, 5.41) is 3.74. The van der Waals surface area contributed by atoms with Crippen molar-refractivity contribution in [1.29, 1.82) is 0 Å². The van der Waals surface area contributed by atoms with Gasteiger partial charge in [0.25, 0.3) is 0 Å². The lowest BCUT2D eigenvalue weighted by atomic mass is 9.88. The number of hydrogen-bond donors (Lipinski definition) is 1. The first-order valence-corrected chi connectivity index (χ1v) is 13.6. The molecular weight excluding hydrogens is 468 g/mol. The van der Waals surface area contributed by atoms with Crippen LogP contribution in [0.5, 0.6) is 0 Å². The normalized spacial score (nSPS) is 23.4. The smallest absolute Gasteiger partial charge is 0.408 e. The van der Waals surface area contributed by atoms with Gasteiger partial charge in [-0.3, -0.25) is 4.98 Å². The molecule has 2 atom stereocenters. The summed E-state index contributed by atoms with van der Waals surface area (Å²) >= 11 is 1.50. The minimum Gasteiger partial charge on any atom is -0.461 e. The maximum absolute atomic E-state index is 13.4. The van der Waals surface area contributed by atoms with E-state index in [1.54, 1.807) is 40.8 Å². The Morgan fingerprint density at radius 2 is 2.03 bits per heavy atom. The highest BCUT2D eigenvalue weighted by molar-refractivity contribution is 7.98. The van der Waals surface area contributed by atoms with Crippen molar-refractivity contribution in [2.75, 3.05) is 12.0 Å². The number of amides is 1. The number of esters is 1. The Morgan fingerprint density at radius 1 is 1.31 bits per heavy atom. The molecule has 8 nitrogen and oxygen atoms in total. The predicted octanol–water partition coefficient (Wildman–Crippen LogP) is 5.33. The second kappa shape index (κ2) is 9.65. The third-order valence-corrected chi connectivity index (χ3v) is 7.10. The molecule has 1 aliphatic heterocycles. The first-order valence-electron chi connectivity index (χ1n) is 12.2. The van der Waals surface area contributed by atoms with Crippen LogP contribution in [0.1, 0.15) is 77.7 Å². The van der Waals surface area contributed by atoms with Gasteiger partial charge in [-0.1, -0.05) is 12.8 Å². The second-order valence-electron chi connectivity index (χ2n) is 10.9. The number of pyridine rings is 1. The van der Waals surface area contributed by atoms with E-state index >= 15 is 0 Å². The molecule has 2 aromatic rings. The number of furan rings is 1. The van der Waals surface area contributed by atoms with Gasteiger partial charge in [0.15, 0.2) is 5.60 Å². The highest BCUT2D eigenvalue weighted by Crippen LogP contribution is 2.41. The number of ether oxygens (including phenoxy) is 3. The number of alkyl carbamates (subject to hydrolysis) is 1. The maximum atomic E-state index is 13.4. The Labute approximate surface area is 210 Å². The van der Waals surface area contributed by atoms with Gasteiger partial charge in [0.1, 0.15) is 16.9 Å². The third-order valence-electron chi connectivity index (χ3n) is 6.43. The third kappa shape index (κ3) is 5.61. The number of hydrogen-bond acceptors (Lipinski definition) is 8. The van der Waals surface area contributed by atoms with Gasteiger partial charge in [-0.05, 0) is 52.0 Å². The molecule has 0 spiro atoms. The zero-order valence-electron chi connectivity index (χ0n) is 21.4. The largest absolute Gasteiger partial charge is 0.461 e. The molecule has 1 N–H and O–H groups in total. The van der Waals surface area contributed by atoms with Crippen molar-refractivity contribution in [3.05, 3.63) is 29.8 Å². The van der Waals surface area contributed by atoms with Crippen molar-refractivity contribution in [1.82, 2.24) is 10.3 Å². The highest BCUT2D eigenvalue weighted by atomic mass is 32.2. The Morgan fingerprint density at radius 3 is 2.63 bits per heavy atom. The molecule has 192 valence electrons. The summed E-state index contributed by atoms with van der Waals surface area (Å²) < 4.78 is 23.6. The van der Waals surface area contributed by atoms with Gasteiger partial charge in [0.05, 0.1) is 11.7 Å². The number of cyclic esters (lactones) is 1. The molecule has 0 radical (unpaired) electrons. The predicted molar refractivity (Wildman–Crippen MR) is 134 cm³/mol. The van der Waals surface area contributed by atoms with E-state index in [-0.39, 0.29) is 6.42 Å². The minimum absolute atomic E-state index is 0.122. The van der Waals surface area contributed by atoms with Crippen molar-refractivity contribution in [3.63, 3.8) is 0 Å². The van der Waals surface area contributed by atoms with Gasteiger partial charge in [0.2, 0.25) is 5.79 Å². The van der Waals surface area contributed by atoms with Gasteiger partial charge in [0, 0.05) is 43.5 Å². The number of aromatic nitrogens is 1. The first kappa shape index (κ1) is 25.8. The van der Waals surface area contributed by atoms with Crippen molar-refractivity contribution in [3.8, 4) is 0 Å². The maximum Gasteiger partial charge on any atom is 0.408 e. The Balaban J connectivity index is 1.72. The molecule has 2 fully saturated rings. The summed E-state index contributed by atoms with van der Waals surface area (Å²) in [7, 11) is 0. The molecule has 1 aliphatic carbocycles. The summed E-state index contributed by atoms with van der Waals surface area (Å²) in [5.74, 6) is 0.107. The van der Waals surface area contributed by atoms with Crippen LogP contribution in [0.25, 0.3) is 11.0 Å². The summed E-state index contributed by atoms with van der Waals surface area (Å²) in [6.07, 6.45) is 7.74. The summed E-state index contributed by atoms with van der Waals surface area (Å²) in [6.45, 7) is 8.77. The van der Waals surface area contributed by atoms with E-state index in [9.17, 15) is 9.59 Å². The summed E-state index contributed by atoms with van der Waals surface area (Å²) in [6, 6.07) is 3.19. The zero-order valence-corrected chi connectivity index (χ0v) is 22.3. The molecule has 1 saturated heterocycles. The van der Waals surface area contributed by atoms with Crippen molar-refractivity contribution < 1.29 is 28.2 Å². The van der Waals surface area contributed by atoms with Crippen molar-refractivity contribution in [2.45, 2.75) is 95.7 Å². The van der Waals surface area contributed by atoms with E-state index in [1.165, 1.54) is 24.6 Å². The highest BCUT2D eigenvalue weighted by Gasteiger charge is 2.59. The van der Waals surface area contributed by atoms with Crippen molar-refractivity contribution in [2.24, 2.45) is 0 Å². The van der Waals surface area contributed by atoms with E-state index in [1.807, 2.05) is 12.3 Å². The van der Waals surface area contributed by atoms with Crippen LogP contribution in [0, 0.1) is 0 Å². The number of nitrogens with one attached hydrogen (secondary N) is 1. The Kier molecular flexibility index (Phi) is 7.12. The number of thioether (sulfide) groups is 1. The van der Waals surface area contributed by atoms with Gasteiger partial charge in [-0.25, -0.2) is 9.59 Å². The summed E-state index contributed by atoms with van der Waals surface area (Å²) in [5.41, 5.74) is -0.755. The van der Waals surface area contributed by atoms with E-state index in [4.69, 9.17) is 18.6 Å². The second-order valence-corrected chi connectivity index (χ2v) is 11.8. The number of fused-ring (bicyclic) bond motifs is 1. The van der Waals surface area contributed by atoms with Gasteiger partial charge < -0.3 is 23.9 Å². The molecule has 4 rings (SSSR count). The van der Waals surface area contributed by atoms with Gasteiger partial charge >= 0.3 is 12.1 Å². The molecule has 2 aliphatic rings. The van der Waals surface area contributed by atoms with Gasteiger partial charge in [-0.2, -0.15) is 11.8 Å². The number of nitrogens with zero attached hydrogens (tertiary/aromatic N) is 1. The number of carbonyl (C=O) groups is 2. The molecule has 1 amide bonds. The Bertz CT molecular complexity index is 1090. The lowest BCUT2D eigenvalue weighted by molar-refractivity contribution is -0.169. The van der Waals surface area contributed by atoms with E-state index in [0.717, 1.165) is 29.6 Å². The van der Waals surface area contributed by atoms with Crippen LogP contribution < -0.4 is 5.32 Å². The topological polar surface area (TPSA) is 99.9 Å². The van der Waals surface area contributed by atoms with Crippen LogP contribution in [0.4, 0.5) is 4.79 Å². The van der Waals surface area contributed by atoms with Gasteiger partial charge in [-0.15, -0.1) is 0 Å². The molecule has 2 aromatic heterocycles. The molecule has 0 bridgehead atoms. The van der Waals surface area contributed by atoms with Crippen LogP contribution >= 0.6 is 11.8 Å². The fourth-order valence-electron chi connectivity index (χ4n) is 5.00. The standard InChI is InChI=1S/C26H36N2O6S/c1-24(2,3)33-23(30)28-21(15-35-6)26(22(29)32-25(4,5)34-26)14-18-17-13-20(16-9-7-8-10-16)31-19(17)11-12-27-18/h11-13,16,21H,7-10,14-15H2,1-6H3,(H,28,30)/t21-,26+/m0/s1. The van der Waals surface area contributed by atoms with Crippen LogP contribution in [0.15, 0.2) is 22.7 Å². The average Bonchev–Trinajstić information content (AvgIpc) is 3.45. The number of carbonyl (C=O) groups excluding carboxylic acids is 2. The molecule has 0 unspecified atom stereocenters. The van der Waals surface area contributed by atoms with E-state index in [0.29, 0.717) is 17.4 Å². The zero-order chi connectivity index (χ0) is 25.4. The lowest BCUT2D eigenvalue weighted by Gasteiger charge is -2.34. The van der Waals surface area contributed by atoms with Crippen LogP contribution in [-0.4, -0.2) is 52.1 Å². The van der Waals surface area contributed by atoms with E-state index in [2.05, 4.69) is 16.4 Å². The first-order chi connectivity index (χ1) is 16.4. The molecular formula is C26H36N2O6S. The quantitative estimate of drug-likeness (QED) is 0.505. The minimum atomic E-state index is -1.48. The van der Waals surface area contributed by atoms with Crippen LogP contribution in [-0.2, 0) is 25.4 Å². The molecule has 0 aromatic carbocycles. The summed E-state index contributed by atoms with van der Waals surface area (Å²) in [4.78, 5) is 30.8. The fraction of sp³-hybridized carbons (Fsp3) is 0.654. The number of rotatable bonds is 7. The van der Waals surface area contributed by atoms with Crippen molar-refractivity contribution >= 4 is 34.8 Å². The van der Waals surface area contributed by atoms with Crippen LogP contribution in [0.3, 0.4) is 0 Å². The fourth-order valence-corrected chi connectivity index (χ4v) is 5.69. The molecule has 1 saturated carbocycles. The molecule has 9 heteroatoms. The monoisotopic (exact) mass is 504 g/mol. The lowest BCUT2D eigenvalue weighted by Crippen LogP contribution is -2.60.